The molecule has 1 heterocycles. The van der Waals surface area contributed by atoms with Gasteiger partial charge in [0.15, 0.2) is 0 Å². The van der Waals surface area contributed by atoms with Gasteiger partial charge in [0.2, 0.25) is 0 Å². The first-order valence-electron chi connectivity index (χ1n) is 8.27. The lowest BCUT2D eigenvalue weighted by atomic mass is 10.1. The number of phenolic OH excluding ortho intramolecular Hbond substituents is 1. The summed E-state index contributed by atoms with van der Waals surface area (Å²) in [5.74, 6) is 0.0493. The van der Waals surface area contributed by atoms with E-state index in [1.807, 2.05) is 13.8 Å². The van der Waals surface area contributed by atoms with Crippen LogP contribution in [0, 0.1) is 6.92 Å². The number of aromatic nitrogens is 1. The molecule has 4 heteroatoms. The molecule has 124 valence electrons. The van der Waals surface area contributed by atoms with Gasteiger partial charge in [-0.05, 0) is 67.8 Å². The van der Waals surface area contributed by atoms with Gasteiger partial charge >= 0.3 is 0 Å². The summed E-state index contributed by atoms with van der Waals surface area (Å²) in [6, 6.07) is 12.9. The highest BCUT2D eigenvalue weighted by Gasteiger charge is 2.19. The molecule has 4 nitrogen and oxygen atoms in total. The molecule has 0 atom stereocenters. The third-order valence-electron chi connectivity index (χ3n) is 4.45. The molecule has 3 aromatic rings. The Bertz CT molecular complexity index is 892. The van der Waals surface area contributed by atoms with Crippen molar-refractivity contribution in [3.63, 3.8) is 0 Å². The van der Waals surface area contributed by atoms with Gasteiger partial charge in [-0.25, -0.2) is 0 Å². The summed E-state index contributed by atoms with van der Waals surface area (Å²) < 4.78 is 2.06. The van der Waals surface area contributed by atoms with E-state index in [0.29, 0.717) is 11.4 Å². The fourth-order valence-corrected chi connectivity index (χ4v) is 3.15. The minimum atomic E-state index is -0.130. The number of nitrogens with zero attached hydrogens (tertiary/aromatic N) is 1. The molecule has 0 aliphatic carbocycles. The fourth-order valence-electron chi connectivity index (χ4n) is 3.15. The minimum absolute atomic E-state index is 0.130. The number of hydrogen-bond acceptors (Lipinski definition) is 2. The summed E-state index contributed by atoms with van der Waals surface area (Å²) in [6.45, 7) is 6.91. The Morgan fingerprint density at radius 2 is 1.83 bits per heavy atom. The summed E-state index contributed by atoms with van der Waals surface area (Å²) in [7, 11) is 0. The number of carbonyl (C=O) groups excluding carboxylic acids is 1. The van der Waals surface area contributed by atoms with Gasteiger partial charge in [0.05, 0.1) is 0 Å². The Labute approximate surface area is 141 Å². The van der Waals surface area contributed by atoms with Crippen LogP contribution < -0.4 is 5.32 Å². The van der Waals surface area contributed by atoms with Gasteiger partial charge in [-0.1, -0.05) is 13.0 Å². The van der Waals surface area contributed by atoms with Crippen LogP contribution in [0.5, 0.6) is 5.75 Å². The normalized spacial score (nSPS) is 11.0. The third kappa shape index (κ3) is 2.75. The molecule has 0 aliphatic rings. The molecule has 2 aromatic carbocycles. The number of rotatable bonds is 4. The van der Waals surface area contributed by atoms with Gasteiger partial charge in [0, 0.05) is 23.1 Å². The summed E-state index contributed by atoms with van der Waals surface area (Å²) in [4.78, 5) is 12.8. The summed E-state index contributed by atoms with van der Waals surface area (Å²) in [5, 5.41) is 13.4. The summed E-state index contributed by atoms with van der Waals surface area (Å²) in [5.41, 5.74) is 4.71. The highest BCUT2D eigenvalue weighted by Crippen LogP contribution is 2.28. The molecule has 3 rings (SSSR count). The molecule has 0 saturated heterocycles. The van der Waals surface area contributed by atoms with E-state index in [-0.39, 0.29) is 11.7 Å². The maximum absolute atomic E-state index is 12.8. The van der Waals surface area contributed by atoms with Crippen LogP contribution in [0.1, 0.15) is 35.5 Å². The molecular formula is C20H22N2O2. The number of aryl methyl sites for hydroxylation is 3. The number of aromatic hydroxyl groups is 1. The maximum atomic E-state index is 12.8. The van der Waals surface area contributed by atoms with E-state index >= 15 is 0 Å². The molecule has 24 heavy (non-hydrogen) atoms. The van der Waals surface area contributed by atoms with Crippen LogP contribution in [0.15, 0.2) is 42.5 Å². The lowest BCUT2D eigenvalue weighted by molar-refractivity contribution is 0.101. The van der Waals surface area contributed by atoms with Gasteiger partial charge < -0.3 is 15.0 Å². The minimum Gasteiger partial charge on any atom is -0.508 e. The lowest BCUT2D eigenvalue weighted by Gasteiger charge is -2.10. The predicted octanol–water partition coefficient (Wildman–Crippen LogP) is 4.49. The number of anilines is 1. The average molecular weight is 322 g/mol. The number of benzene rings is 2. The van der Waals surface area contributed by atoms with E-state index < -0.39 is 0 Å². The molecule has 1 amide bonds. The van der Waals surface area contributed by atoms with E-state index in [1.165, 1.54) is 5.56 Å². The van der Waals surface area contributed by atoms with E-state index in [0.717, 1.165) is 29.4 Å². The predicted molar refractivity (Wildman–Crippen MR) is 97.8 cm³/mol. The van der Waals surface area contributed by atoms with Crippen molar-refractivity contribution >= 4 is 22.5 Å². The summed E-state index contributed by atoms with van der Waals surface area (Å²) >= 11 is 0. The molecule has 0 radical (unpaired) electrons. The topological polar surface area (TPSA) is 54.3 Å². The van der Waals surface area contributed by atoms with E-state index in [4.69, 9.17) is 0 Å². The van der Waals surface area contributed by atoms with Crippen LogP contribution >= 0.6 is 0 Å². The standard InChI is InChI=1S/C20H22N2O2/c1-4-14-6-11-18-17(12-14)13(3)19(22(18)5-2)20(24)21-15-7-9-16(23)10-8-15/h6-12,23H,4-5H2,1-3H3,(H,21,24). The lowest BCUT2D eigenvalue weighted by Crippen LogP contribution is -2.17. The number of carbonyl (C=O) groups is 1. The first-order chi connectivity index (χ1) is 11.5. The molecule has 1 aromatic heterocycles. The number of nitrogens with one attached hydrogen (secondary N) is 1. The fraction of sp³-hybridized carbons (Fsp3) is 0.250. The molecule has 2 N–H and O–H groups in total. The highest BCUT2D eigenvalue weighted by atomic mass is 16.3. The second-order valence-electron chi connectivity index (χ2n) is 5.92. The van der Waals surface area contributed by atoms with Crippen LogP contribution in [0.25, 0.3) is 10.9 Å². The smallest absolute Gasteiger partial charge is 0.272 e. The average Bonchev–Trinajstić information content (AvgIpc) is 2.88. The number of phenols is 1. The Kier molecular flexibility index (Phi) is 4.30. The maximum Gasteiger partial charge on any atom is 0.272 e. The SMILES string of the molecule is CCc1ccc2c(c1)c(C)c(C(=O)Nc1ccc(O)cc1)n2CC. The zero-order chi connectivity index (χ0) is 17.3. The molecule has 0 saturated carbocycles. The van der Waals surface area contributed by atoms with E-state index in [2.05, 4.69) is 35.0 Å². The van der Waals surface area contributed by atoms with Crippen LogP contribution in [-0.4, -0.2) is 15.6 Å². The Balaban J connectivity index is 2.05. The quantitative estimate of drug-likeness (QED) is 0.695. The first-order valence-corrected chi connectivity index (χ1v) is 8.27. The number of hydrogen-bond donors (Lipinski definition) is 2. The van der Waals surface area contributed by atoms with Crippen molar-refractivity contribution in [3.05, 3.63) is 59.3 Å². The van der Waals surface area contributed by atoms with Crippen LogP contribution in [-0.2, 0) is 13.0 Å². The van der Waals surface area contributed by atoms with E-state index in [9.17, 15) is 9.90 Å². The van der Waals surface area contributed by atoms with Gasteiger partial charge in [0.25, 0.3) is 5.91 Å². The van der Waals surface area contributed by atoms with Crippen molar-refractivity contribution in [2.24, 2.45) is 0 Å². The molecular weight excluding hydrogens is 300 g/mol. The molecule has 0 spiro atoms. The van der Waals surface area contributed by atoms with Crippen molar-refractivity contribution in [3.8, 4) is 5.75 Å². The highest BCUT2D eigenvalue weighted by molar-refractivity contribution is 6.08. The van der Waals surface area contributed by atoms with Gasteiger partial charge in [-0.3, -0.25) is 4.79 Å². The van der Waals surface area contributed by atoms with Crippen molar-refractivity contribution in [1.82, 2.24) is 4.57 Å². The van der Waals surface area contributed by atoms with Gasteiger partial charge in [-0.15, -0.1) is 0 Å². The second-order valence-corrected chi connectivity index (χ2v) is 5.92. The molecule has 0 bridgehead atoms. The van der Waals surface area contributed by atoms with Crippen LogP contribution in [0.2, 0.25) is 0 Å². The molecule has 0 unspecified atom stereocenters. The third-order valence-corrected chi connectivity index (χ3v) is 4.45. The Morgan fingerprint density at radius 1 is 1.12 bits per heavy atom. The Hall–Kier alpha value is -2.75. The second kappa shape index (κ2) is 6.40. The molecule has 0 fully saturated rings. The van der Waals surface area contributed by atoms with Crippen molar-refractivity contribution < 1.29 is 9.90 Å². The van der Waals surface area contributed by atoms with Crippen LogP contribution in [0.4, 0.5) is 5.69 Å². The van der Waals surface area contributed by atoms with Crippen molar-refractivity contribution in [2.75, 3.05) is 5.32 Å². The number of fused-ring (bicyclic) bond motifs is 1. The van der Waals surface area contributed by atoms with Crippen molar-refractivity contribution in [1.29, 1.82) is 0 Å². The van der Waals surface area contributed by atoms with Crippen LogP contribution in [0.3, 0.4) is 0 Å². The van der Waals surface area contributed by atoms with Gasteiger partial charge in [0.1, 0.15) is 11.4 Å². The van der Waals surface area contributed by atoms with E-state index in [1.54, 1.807) is 24.3 Å². The Morgan fingerprint density at radius 3 is 2.46 bits per heavy atom. The zero-order valence-electron chi connectivity index (χ0n) is 14.3. The zero-order valence-corrected chi connectivity index (χ0v) is 14.3. The molecule has 0 aliphatic heterocycles. The van der Waals surface area contributed by atoms with Crippen molar-refractivity contribution in [2.45, 2.75) is 33.7 Å². The monoisotopic (exact) mass is 322 g/mol. The summed E-state index contributed by atoms with van der Waals surface area (Å²) in [6.07, 6.45) is 0.974. The van der Waals surface area contributed by atoms with Gasteiger partial charge in [-0.2, -0.15) is 0 Å². The largest absolute Gasteiger partial charge is 0.508 e. The number of amides is 1. The first kappa shape index (κ1) is 16.1.